The van der Waals surface area contributed by atoms with E-state index in [1.807, 2.05) is 42.5 Å². The molecule has 4 heteroatoms. The molecule has 3 aromatic rings. The predicted molar refractivity (Wildman–Crippen MR) is 81.9 cm³/mol. The van der Waals surface area contributed by atoms with Gasteiger partial charge in [-0.05, 0) is 17.7 Å². The summed E-state index contributed by atoms with van der Waals surface area (Å²) in [5, 5.41) is 0.853. The summed E-state index contributed by atoms with van der Waals surface area (Å²) in [6, 6.07) is 16.8. The number of methoxy groups -OCH3 is 1. The highest BCUT2D eigenvalue weighted by atomic mass is 16.5. The quantitative estimate of drug-likeness (QED) is 0.799. The van der Waals surface area contributed by atoms with E-state index < -0.39 is 0 Å². The number of nitrogens with one attached hydrogen (secondary N) is 1. The summed E-state index contributed by atoms with van der Waals surface area (Å²) in [6.07, 6.45) is 0. The lowest BCUT2D eigenvalue weighted by Crippen LogP contribution is -2.06. The van der Waals surface area contributed by atoms with Gasteiger partial charge in [-0.2, -0.15) is 0 Å². The smallest absolute Gasteiger partial charge is 0.252 e. The van der Waals surface area contributed by atoms with Crippen LogP contribution in [0.25, 0.3) is 10.9 Å². The maximum atomic E-state index is 11.7. The molecule has 0 fully saturated rings. The summed E-state index contributed by atoms with van der Waals surface area (Å²) in [6.45, 7) is 0.422. The lowest BCUT2D eigenvalue weighted by molar-refractivity contribution is 0.309. The van der Waals surface area contributed by atoms with Crippen LogP contribution in [-0.4, -0.2) is 12.1 Å². The number of fused-ring (bicyclic) bond motifs is 1. The van der Waals surface area contributed by atoms with Gasteiger partial charge in [0.05, 0.1) is 12.6 Å². The Morgan fingerprint density at radius 3 is 2.62 bits per heavy atom. The first kappa shape index (κ1) is 13.2. The van der Waals surface area contributed by atoms with Crippen LogP contribution in [0, 0.1) is 0 Å². The standard InChI is InChI=1S/C17H15NO3/c1-20-13-7-8-14-15(9-13)18-17(19)10-16(14)21-11-12-5-3-2-4-6-12/h2-10H,11H2,1H3,(H,18,19). The highest BCUT2D eigenvalue weighted by molar-refractivity contribution is 5.85. The monoisotopic (exact) mass is 281 g/mol. The van der Waals surface area contributed by atoms with Gasteiger partial charge in [0.2, 0.25) is 0 Å². The lowest BCUT2D eigenvalue weighted by atomic mass is 10.2. The molecule has 0 unspecified atom stereocenters. The second-order valence-electron chi connectivity index (χ2n) is 4.68. The van der Waals surface area contributed by atoms with Crippen LogP contribution in [0.1, 0.15) is 5.56 Å². The number of aromatic amines is 1. The van der Waals surface area contributed by atoms with Crippen LogP contribution < -0.4 is 15.0 Å². The first-order valence-electron chi connectivity index (χ1n) is 6.64. The number of H-pyrrole nitrogens is 1. The van der Waals surface area contributed by atoms with Gasteiger partial charge < -0.3 is 14.5 Å². The number of rotatable bonds is 4. The molecule has 1 heterocycles. The Morgan fingerprint density at radius 1 is 1.05 bits per heavy atom. The first-order valence-corrected chi connectivity index (χ1v) is 6.64. The van der Waals surface area contributed by atoms with Crippen molar-refractivity contribution in [2.45, 2.75) is 6.61 Å². The van der Waals surface area contributed by atoms with Gasteiger partial charge in [0, 0.05) is 17.5 Å². The van der Waals surface area contributed by atoms with E-state index in [4.69, 9.17) is 9.47 Å². The summed E-state index contributed by atoms with van der Waals surface area (Å²) in [7, 11) is 1.59. The summed E-state index contributed by atoms with van der Waals surface area (Å²) < 4.78 is 11.0. The maximum absolute atomic E-state index is 11.7. The molecule has 4 nitrogen and oxygen atoms in total. The molecule has 0 aliphatic heterocycles. The molecule has 0 radical (unpaired) electrons. The summed E-state index contributed by atoms with van der Waals surface area (Å²) >= 11 is 0. The third kappa shape index (κ3) is 2.89. The number of hydrogen-bond acceptors (Lipinski definition) is 3. The first-order chi connectivity index (χ1) is 10.3. The summed E-state index contributed by atoms with van der Waals surface area (Å²) in [5.74, 6) is 1.26. The Morgan fingerprint density at radius 2 is 1.86 bits per heavy atom. The molecule has 0 bridgehead atoms. The van der Waals surface area contributed by atoms with E-state index in [9.17, 15) is 4.79 Å². The SMILES string of the molecule is COc1ccc2c(OCc3ccccc3)cc(=O)[nH]c2c1. The Labute approximate surface area is 122 Å². The Bertz CT molecular complexity index is 809. The largest absolute Gasteiger partial charge is 0.497 e. The Kier molecular flexibility index (Phi) is 3.60. The van der Waals surface area contributed by atoms with Crippen molar-refractivity contribution in [1.29, 1.82) is 0 Å². The number of hydrogen-bond donors (Lipinski definition) is 1. The van der Waals surface area contributed by atoms with Gasteiger partial charge >= 0.3 is 0 Å². The molecule has 0 amide bonds. The molecule has 21 heavy (non-hydrogen) atoms. The van der Waals surface area contributed by atoms with E-state index in [-0.39, 0.29) is 5.56 Å². The molecule has 0 atom stereocenters. The number of pyridine rings is 1. The number of ether oxygens (including phenoxy) is 2. The van der Waals surface area contributed by atoms with Gasteiger partial charge in [-0.25, -0.2) is 0 Å². The van der Waals surface area contributed by atoms with E-state index in [2.05, 4.69) is 4.98 Å². The topological polar surface area (TPSA) is 51.3 Å². The van der Waals surface area contributed by atoms with Gasteiger partial charge in [-0.1, -0.05) is 30.3 Å². The van der Waals surface area contributed by atoms with E-state index >= 15 is 0 Å². The van der Waals surface area contributed by atoms with Gasteiger partial charge in [0.25, 0.3) is 5.56 Å². The van der Waals surface area contributed by atoms with Crippen molar-refractivity contribution >= 4 is 10.9 Å². The maximum Gasteiger partial charge on any atom is 0.252 e. The molecule has 0 spiro atoms. The van der Waals surface area contributed by atoms with Crippen molar-refractivity contribution in [3.8, 4) is 11.5 Å². The molecule has 106 valence electrons. The summed E-state index contributed by atoms with van der Waals surface area (Å²) in [5.41, 5.74) is 1.56. The van der Waals surface area contributed by atoms with Crippen molar-refractivity contribution < 1.29 is 9.47 Å². The zero-order valence-corrected chi connectivity index (χ0v) is 11.6. The second kappa shape index (κ2) is 5.71. The van der Waals surface area contributed by atoms with Crippen molar-refractivity contribution in [2.24, 2.45) is 0 Å². The predicted octanol–water partition coefficient (Wildman–Crippen LogP) is 3.12. The molecule has 0 saturated carbocycles. The Hall–Kier alpha value is -2.75. The van der Waals surface area contributed by atoms with E-state index in [1.165, 1.54) is 6.07 Å². The third-order valence-electron chi connectivity index (χ3n) is 3.25. The normalized spacial score (nSPS) is 10.5. The van der Waals surface area contributed by atoms with Crippen LogP contribution >= 0.6 is 0 Å². The average molecular weight is 281 g/mol. The zero-order chi connectivity index (χ0) is 14.7. The van der Waals surface area contributed by atoms with Crippen LogP contribution in [0.2, 0.25) is 0 Å². The zero-order valence-electron chi connectivity index (χ0n) is 11.6. The molecule has 3 rings (SSSR count). The van der Waals surface area contributed by atoms with E-state index in [0.29, 0.717) is 23.6 Å². The average Bonchev–Trinajstić information content (AvgIpc) is 2.52. The van der Waals surface area contributed by atoms with Gasteiger partial charge in [0.15, 0.2) is 0 Å². The van der Waals surface area contributed by atoms with Crippen LogP contribution in [0.15, 0.2) is 59.4 Å². The second-order valence-corrected chi connectivity index (χ2v) is 4.68. The highest BCUT2D eigenvalue weighted by Gasteiger charge is 2.06. The fourth-order valence-electron chi connectivity index (χ4n) is 2.19. The highest BCUT2D eigenvalue weighted by Crippen LogP contribution is 2.26. The Balaban J connectivity index is 1.96. The van der Waals surface area contributed by atoms with Crippen LogP contribution in [0.5, 0.6) is 11.5 Å². The van der Waals surface area contributed by atoms with Crippen LogP contribution in [0.3, 0.4) is 0 Å². The minimum absolute atomic E-state index is 0.196. The molecule has 2 aromatic carbocycles. The molecular weight excluding hydrogens is 266 g/mol. The molecular formula is C17H15NO3. The van der Waals surface area contributed by atoms with Gasteiger partial charge in [0.1, 0.15) is 18.1 Å². The van der Waals surface area contributed by atoms with Crippen molar-refractivity contribution in [1.82, 2.24) is 4.98 Å². The number of benzene rings is 2. The van der Waals surface area contributed by atoms with Crippen LogP contribution in [0.4, 0.5) is 0 Å². The lowest BCUT2D eigenvalue weighted by Gasteiger charge is -2.10. The minimum Gasteiger partial charge on any atom is -0.497 e. The van der Waals surface area contributed by atoms with Gasteiger partial charge in [-0.3, -0.25) is 4.79 Å². The van der Waals surface area contributed by atoms with Gasteiger partial charge in [-0.15, -0.1) is 0 Å². The van der Waals surface area contributed by atoms with Crippen molar-refractivity contribution in [3.63, 3.8) is 0 Å². The molecule has 0 aliphatic carbocycles. The molecule has 1 N–H and O–H groups in total. The fraction of sp³-hybridized carbons (Fsp3) is 0.118. The number of aromatic nitrogens is 1. The molecule has 1 aromatic heterocycles. The molecule has 0 aliphatic rings. The van der Waals surface area contributed by atoms with E-state index in [0.717, 1.165) is 10.9 Å². The third-order valence-corrected chi connectivity index (χ3v) is 3.25. The van der Waals surface area contributed by atoms with E-state index in [1.54, 1.807) is 13.2 Å². The summed E-state index contributed by atoms with van der Waals surface area (Å²) in [4.78, 5) is 14.5. The van der Waals surface area contributed by atoms with Crippen molar-refractivity contribution in [3.05, 3.63) is 70.5 Å². The minimum atomic E-state index is -0.196. The fourth-order valence-corrected chi connectivity index (χ4v) is 2.19. The molecule has 0 saturated heterocycles. The van der Waals surface area contributed by atoms with Crippen molar-refractivity contribution in [2.75, 3.05) is 7.11 Å². The van der Waals surface area contributed by atoms with Crippen LogP contribution in [-0.2, 0) is 6.61 Å².